The van der Waals surface area contributed by atoms with Gasteiger partial charge in [0.25, 0.3) is 0 Å². The van der Waals surface area contributed by atoms with Crippen molar-refractivity contribution < 1.29 is 19.1 Å². The summed E-state index contributed by atoms with van der Waals surface area (Å²) in [4.78, 5) is 29.0. The summed E-state index contributed by atoms with van der Waals surface area (Å²) in [6.07, 6.45) is 1.40. The predicted molar refractivity (Wildman–Crippen MR) is 96.9 cm³/mol. The van der Waals surface area contributed by atoms with Crippen LogP contribution in [0.1, 0.15) is 48.3 Å². The summed E-state index contributed by atoms with van der Waals surface area (Å²) in [5.41, 5.74) is 1.76. The second-order valence-electron chi connectivity index (χ2n) is 7.45. The molecule has 1 aliphatic rings. The van der Waals surface area contributed by atoms with E-state index < -0.39 is 5.60 Å². The molecule has 1 amide bonds. The van der Waals surface area contributed by atoms with Gasteiger partial charge in [-0.3, -0.25) is 0 Å². The van der Waals surface area contributed by atoms with Gasteiger partial charge in [0, 0.05) is 25.2 Å². The summed E-state index contributed by atoms with van der Waals surface area (Å²) in [6, 6.07) is 11.4. The lowest BCUT2D eigenvalue weighted by atomic mass is 9.92. The molecule has 1 aliphatic heterocycles. The van der Waals surface area contributed by atoms with E-state index in [0.29, 0.717) is 18.8 Å². The summed E-state index contributed by atoms with van der Waals surface area (Å²) >= 11 is 0. The molecule has 2 aromatic rings. The molecule has 0 bridgehead atoms. The summed E-state index contributed by atoms with van der Waals surface area (Å²) in [5, 5.41) is 0. The minimum absolute atomic E-state index is 0.105. The lowest BCUT2D eigenvalue weighted by molar-refractivity contribution is 0.00810. The van der Waals surface area contributed by atoms with Crippen LogP contribution in [-0.2, 0) is 16.1 Å². The fourth-order valence-corrected chi connectivity index (χ4v) is 2.84. The highest BCUT2D eigenvalue weighted by molar-refractivity contribution is 5.89. The molecule has 1 aromatic heterocycles. The molecule has 2 heterocycles. The average molecular weight is 356 g/mol. The SMILES string of the molecule is CC(C)(C)OC(=O)N1CC(c2cc[nH]c2C(=O)OCc2ccccc2)C1. The van der Waals surface area contributed by atoms with Gasteiger partial charge in [-0.05, 0) is 38.0 Å². The number of carbonyl (C=O) groups excluding carboxylic acids is 2. The van der Waals surface area contributed by atoms with Crippen LogP contribution in [0.25, 0.3) is 0 Å². The van der Waals surface area contributed by atoms with E-state index in [4.69, 9.17) is 9.47 Å². The van der Waals surface area contributed by atoms with Gasteiger partial charge in [0.1, 0.15) is 17.9 Å². The number of nitrogens with one attached hydrogen (secondary N) is 1. The molecule has 1 N–H and O–H groups in total. The molecule has 1 saturated heterocycles. The van der Waals surface area contributed by atoms with Gasteiger partial charge >= 0.3 is 12.1 Å². The van der Waals surface area contributed by atoms with Crippen LogP contribution in [0.2, 0.25) is 0 Å². The van der Waals surface area contributed by atoms with Crippen molar-refractivity contribution in [2.75, 3.05) is 13.1 Å². The summed E-state index contributed by atoms with van der Waals surface area (Å²) in [6.45, 7) is 6.82. The number of aromatic amines is 1. The molecule has 6 nitrogen and oxygen atoms in total. The summed E-state index contributed by atoms with van der Waals surface area (Å²) < 4.78 is 10.8. The Kier molecular flexibility index (Phi) is 5.02. The van der Waals surface area contributed by atoms with Crippen molar-refractivity contribution in [3.63, 3.8) is 0 Å². The van der Waals surface area contributed by atoms with Crippen LogP contribution >= 0.6 is 0 Å². The standard InChI is InChI=1S/C20H24N2O4/c1-20(2,3)26-19(24)22-11-15(12-22)16-9-10-21-17(16)18(23)25-13-14-7-5-4-6-8-14/h4-10,15,21H,11-13H2,1-3H3. The van der Waals surface area contributed by atoms with E-state index in [0.717, 1.165) is 11.1 Å². The Morgan fingerprint density at radius 2 is 1.85 bits per heavy atom. The second kappa shape index (κ2) is 7.23. The number of nitrogens with zero attached hydrogens (tertiary/aromatic N) is 1. The normalized spacial score (nSPS) is 14.7. The zero-order chi connectivity index (χ0) is 18.7. The maximum Gasteiger partial charge on any atom is 0.410 e. The van der Waals surface area contributed by atoms with Crippen LogP contribution in [0.3, 0.4) is 0 Å². The molecule has 0 aliphatic carbocycles. The Hall–Kier alpha value is -2.76. The van der Waals surface area contributed by atoms with E-state index in [-0.39, 0.29) is 24.6 Å². The molecule has 1 fully saturated rings. The number of hydrogen-bond donors (Lipinski definition) is 1. The Morgan fingerprint density at radius 1 is 1.15 bits per heavy atom. The fraction of sp³-hybridized carbons (Fsp3) is 0.400. The van der Waals surface area contributed by atoms with Gasteiger partial charge in [0.05, 0.1) is 0 Å². The van der Waals surface area contributed by atoms with E-state index in [1.165, 1.54) is 0 Å². The highest BCUT2D eigenvalue weighted by atomic mass is 16.6. The molecule has 3 rings (SSSR count). The van der Waals surface area contributed by atoms with Crippen LogP contribution in [0.5, 0.6) is 0 Å². The maximum absolute atomic E-state index is 12.4. The van der Waals surface area contributed by atoms with Gasteiger partial charge in [-0.1, -0.05) is 30.3 Å². The number of likely N-dealkylation sites (tertiary alicyclic amines) is 1. The van der Waals surface area contributed by atoms with E-state index >= 15 is 0 Å². The third-order valence-electron chi connectivity index (χ3n) is 4.17. The number of H-pyrrole nitrogens is 1. The average Bonchev–Trinajstić information content (AvgIpc) is 2.99. The number of hydrogen-bond acceptors (Lipinski definition) is 4. The number of benzene rings is 1. The summed E-state index contributed by atoms with van der Waals surface area (Å²) in [7, 11) is 0. The minimum atomic E-state index is -0.511. The lowest BCUT2D eigenvalue weighted by Gasteiger charge is -2.39. The minimum Gasteiger partial charge on any atom is -0.456 e. The lowest BCUT2D eigenvalue weighted by Crippen LogP contribution is -2.50. The molecule has 6 heteroatoms. The molecule has 138 valence electrons. The predicted octanol–water partition coefficient (Wildman–Crippen LogP) is 3.71. The van der Waals surface area contributed by atoms with Gasteiger partial charge in [-0.2, -0.15) is 0 Å². The third kappa shape index (κ3) is 4.25. The topological polar surface area (TPSA) is 71.6 Å². The van der Waals surface area contributed by atoms with E-state index in [1.54, 1.807) is 11.1 Å². The number of amides is 1. The molecule has 0 spiro atoms. The Labute approximate surface area is 153 Å². The van der Waals surface area contributed by atoms with Gasteiger partial charge in [0.2, 0.25) is 0 Å². The molecule has 0 unspecified atom stereocenters. The highest BCUT2D eigenvalue weighted by Crippen LogP contribution is 2.30. The van der Waals surface area contributed by atoms with Crippen molar-refractivity contribution in [3.05, 3.63) is 59.4 Å². The maximum atomic E-state index is 12.4. The van der Waals surface area contributed by atoms with E-state index in [1.807, 2.05) is 57.2 Å². The molecule has 26 heavy (non-hydrogen) atoms. The first-order valence-corrected chi connectivity index (χ1v) is 8.70. The van der Waals surface area contributed by atoms with Crippen molar-refractivity contribution >= 4 is 12.1 Å². The van der Waals surface area contributed by atoms with Gasteiger partial charge in [0.15, 0.2) is 0 Å². The van der Waals surface area contributed by atoms with Gasteiger partial charge in [-0.15, -0.1) is 0 Å². The second-order valence-corrected chi connectivity index (χ2v) is 7.45. The summed E-state index contributed by atoms with van der Waals surface area (Å²) in [5.74, 6) is -0.280. The highest BCUT2D eigenvalue weighted by Gasteiger charge is 2.36. The van der Waals surface area contributed by atoms with Crippen LogP contribution in [0.15, 0.2) is 42.6 Å². The third-order valence-corrected chi connectivity index (χ3v) is 4.17. The quantitative estimate of drug-likeness (QED) is 0.848. The zero-order valence-corrected chi connectivity index (χ0v) is 15.3. The smallest absolute Gasteiger partial charge is 0.410 e. The van der Waals surface area contributed by atoms with Crippen molar-refractivity contribution in [1.82, 2.24) is 9.88 Å². The van der Waals surface area contributed by atoms with Crippen molar-refractivity contribution in [2.24, 2.45) is 0 Å². The van der Waals surface area contributed by atoms with Gasteiger partial charge < -0.3 is 19.4 Å². The first-order chi connectivity index (χ1) is 12.3. The zero-order valence-electron chi connectivity index (χ0n) is 15.3. The molecule has 1 aromatic carbocycles. The number of aromatic nitrogens is 1. The van der Waals surface area contributed by atoms with E-state index in [2.05, 4.69) is 4.98 Å². The van der Waals surface area contributed by atoms with Crippen LogP contribution in [-0.4, -0.2) is 40.6 Å². The molecular formula is C20H24N2O4. The number of ether oxygens (including phenoxy) is 2. The largest absolute Gasteiger partial charge is 0.456 e. The molecule has 0 atom stereocenters. The Morgan fingerprint density at radius 3 is 2.50 bits per heavy atom. The number of carbonyl (C=O) groups is 2. The first-order valence-electron chi connectivity index (χ1n) is 8.70. The van der Waals surface area contributed by atoms with Crippen molar-refractivity contribution in [3.8, 4) is 0 Å². The molecule has 0 saturated carbocycles. The van der Waals surface area contributed by atoms with Crippen molar-refractivity contribution in [2.45, 2.75) is 38.9 Å². The van der Waals surface area contributed by atoms with Gasteiger partial charge in [-0.25, -0.2) is 9.59 Å². The molecule has 0 radical (unpaired) electrons. The van der Waals surface area contributed by atoms with Crippen LogP contribution in [0, 0.1) is 0 Å². The molecular weight excluding hydrogens is 332 g/mol. The monoisotopic (exact) mass is 356 g/mol. The van der Waals surface area contributed by atoms with Crippen LogP contribution < -0.4 is 0 Å². The van der Waals surface area contributed by atoms with Crippen LogP contribution in [0.4, 0.5) is 4.79 Å². The first kappa shape index (κ1) is 18.0. The number of rotatable bonds is 4. The Bertz CT molecular complexity index is 771. The fourth-order valence-electron chi connectivity index (χ4n) is 2.84. The van der Waals surface area contributed by atoms with E-state index in [9.17, 15) is 9.59 Å². The number of esters is 1. The Balaban J connectivity index is 1.56. The van der Waals surface area contributed by atoms with Crippen molar-refractivity contribution in [1.29, 1.82) is 0 Å².